The van der Waals surface area contributed by atoms with Crippen molar-refractivity contribution in [3.05, 3.63) is 17.5 Å². The summed E-state index contributed by atoms with van der Waals surface area (Å²) in [6.45, 7) is 5.60. The van der Waals surface area contributed by atoms with Gasteiger partial charge >= 0.3 is 0 Å². The first-order valence-electron chi connectivity index (χ1n) is 4.59. The molecule has 5 heteroatoms. The van der Waals surface area contributed by atoms with Gasteiger partial charge in [-0.25, -0.2) is 0 Å². The number of nitrogens with zero attached hydrogens (tertiary/aromatic N) is 2. The molecule has 0 bridgehead atoms. The summed E-state index contributed by atoms with van der Waals surface area (Å²) in [4.78, 5) is 11.0. The number of hydrogen-bond donors (Lipinski definition) is 2. The molecule has 1 aromatic rings. The number of aromatic nitrogens is 2. The summed E-state index contributed by atoms with van der Waals surface area (Å²) in [5.74, 6) is -0.409. The van der Waals surface area contributed by atoms with Gasteiger partial charge in [-0.05, 0) is 13.8 Å². The number of amides is 1. The maximum atomic E-state index is 11.0. The monoisotopic (exact) mass is 194 g/mol. The van der Waals surface area contributed by atoms with Crippen LogP contribution in [0.4, 0.5) is 0 Å². The molecule has 0 atom stereocenters. The number of carbonyl (C=O) groups excluding carboxylic acids is 1. The molecule has 0 saturated carbocycles. The Morgan fingerprint density at radius 3 is 3.07 bits per heavy atom. The lowest BCUT2D eigenvalue weighted by atomic mass is 10.0. The number of fused-ring (bicyclic) bond motifs is 1. The zero-order chi connectivity index (χ0) is 10.3. The van der Waals surface area contributed by atoms with E-state index >= 15 is 0 Å². The maximum Gasteiger partial charge on any atom is 0.252 e. The number of nitrogens with one attached hydrogen (secondary N) is 1. The lowest BCUT2D eigenvalue weighted by molar-refractivity contribution is 0.0998. The predicted octanol–water partition coefficient (Wildman–Crippen LogP) is -0.136. The van der Waals surface area contributed by atoms with E-state index in [1.165, 1.54) is 0 Å². The second-order valence-electron chi connectivity index (χ2n) is 4.26. The molecule has 3 N–H and O–H groups in total. The molecule has 76 valence electrons. The van der Waals surface area contributed by atoms with Crippen LogP contribution in [0, 0.1) is 0 Å². The number of rotatable bonds is 1. The maximum absolute atomic E-state index is 11.0. The van der Waals surface area contributed by atoms with Crippen molar-refractivity contribution in [1.29, 1.82) is 0 Å². The van der Waals surface area contributed by atoms with Gasteiger partial charge in [-0.15, -0.1) is 0 Å². The number of hydrogen-bond acceptors (Lipinski definition) is 3. The van der Waals surface area contributed by atoms with Gasteiger partial charge < -0.3 is 11.1 Å². The van der Waals surface area contributed by atoms with Crippen molar-refractivity contribution >= 4 is 5.91 Å². The SMILES string of the molecule is CC1(C)Cn2ncc(C(N)=O)c2CN1. The van der Waals surface area contributed by atoms with Crippen LogP contribution in [0.5, 0.6) is 0 Å². The lowest BCUT2D eigenvalue weighted by Gasteiger charge is -2.32. The predicted molar refractivity (Wildman–Crippen MR) is 51.7 cm³/mol. The summed E-state index contributed by atoms with van der Waals surface area (Å²) < 4.78 is 1.84. The highest BCUT2D eigenvalue weighted by atomic mass is 16.1. The standard InChI is InChI=1S/C9H14N4O/c1-9(2)5-13-7(4-11-9)6(3-12-13)8(10)14/h3,11H,4-5H2,1-2H3,(H2,10,14). The highest BCUT2D eigenvalue weighted by molar-refractivity contribution is 5.93. The Hall–Kier alpha value is -1.36. The molecule has 5 nitrogen and oxygen atoms in total. The van der Waals surface area contributed by atoms with E-state index in [0.717, 1.165) is 12.2 Å². The fraction of sp³-hybridized carbons (Fsp3) is 0.556. The van der Waals surface area contributed by atoms with Crippen molar-refractivity contribution in [2.24, 2.45) is 5.73 Å². The van der Waals surface area contributed by atoms with E-state index < -0.39 is 5.91 Å². The third kappa shape index (κ3) is 1.39. The van der Waals surface area contributed by atoms with Crippen molar-refractivity contribution in [2.75, 3.05) is 0 Å². The molecule has 0 fully saturated rings. The van der Waals surface area contributed by atoms with E-state index in [9.17, 15) is 4.79 Å². The fourth-order valence-electron chi connectivity index (χ4n) is 1.69. The van der Waals surface area contributed by atoms with Crippen LogP contribution in [0.1, 0.15) is 29.9 Å². The summed E-state index contributed by atoms with van der Waals surface area (Å²) in [5.41, 5.74) is 6.66. The van der Waals surface area contributed by atoms with E-state index in [1.54, 1.807) is 6.20 Å². The third-order valence-corrected chi connectivity index (χ3v) is 2.49. The Labute approximate surface area is 82.3 Å². The highest BCUT2D eigenvalue weighted by Gasteiger charge is 2.27. The quantitative estimate of drug-likeness (QED) is 0.653. The van der Waals surface area contributed by atoms with Gasteiger partial charge in [0, 0.05) is 12.1 Å². The largest absolute Gasteiger partial charge is 0.365 e. The van der Waals surface area contributed by atoms with Crippen LogP contribution in [0.25, 0.3) is 0 Å². The minimum atomic E-state index is -0.409. The number of nitrogens with two attached hydrogens (primary N) is 1. The van der Waals surface area contributed by atoms with Crippen molar-refractivity contribution in [2.45, 2.75) is 32.5 Å². The second-order valence-corrected chi connectivity index (χ2v) is 4.26. The van der Waals surface area contributed by atoms with Gasteiger partial charge in [0.15, 0.2) is 0 Å². The average molecular weight is 194 g/mol. The Balaban J connectivity index is 2.39. The summed E-state index contributed by atoms with van der Waals surface area (Å²) in [7, 11) is 0. The molecule has 0 unspecified atom stereocenters. The summed E-state index contributed by atoms with van der Waals surface area (Å²) in [6, 6.07) is 0. The van der Waals surface area contributed by atoms with Crippen LogP contribution >= 0.6 is 0 Å². The van der Waals surface area contributed by atoms with Gasteiger partial charge in [0.1, 0.15) is 0 Å². The topological polar surface area (TPSA) is 72.9 Å². The number of carbonyl (C=O) groups is 1. The minimum absolute atomic E-state index is 0.0218. The van der Waals surface area contributed by atoms with Crippen molar-refractivity contribution < 1.29 is 4.79 Å². The molecule has 1 aromatic heterocycles. The van der Waals surface area contributed by atoms with Crippen LogP contribution in [0.15, 0.2) is 6.20 Å². The Morgan fingerprint density at radius 1 is 1.71 bits per heavy atom. The molecule has 0 saturated heterocycles. The van der Waals surface area contributed by atoms with Gasteiger partial charge in [0.05, 0.1) is 24.0 Å². The Kier molecular flexibility index (Phi) is 1.85. The normalized spacial score (nSPS) is 19.0. The molecule has 0 aromatic carbocycles. The zero-order valence-corrected chi connectivity index (χ0v) is 8.37. The molecule has 14 heavy (non-hydrogen) atoms. The molecule has 2 heterocycles. The number of primary amides is 1. The van der Waals surface area contributed by atoms with Crippen LogP contribution in [-0.4, -0.2) is 21.2 Å². The summed E-state index contributed by atoms with van der Waals surface area (Å²) in [6.07, 6.45) is 1.54. The third-order valence-electron chi connectivity index (χ3n) is 2.49. The Morgan fingerprint density at radius 2 is 2.43 bits per heavy atom. The van der Waals surface area contributed by atoms with Crippen LogP contribution in [0.3, 0.4) is 0 Å². The second kappa shape index (κ2) is 2.81. The molecular weight excluding hydrogens is 180 g/mol. The van der Waals surface area contributed by atoms with E-state index in [2.05, 4.69) is 24.3 Å². The fourth-order valence-corrected chi connectivity index (χ4v) is 1.69. The lowest BCUT2D eigenvalue weighted by Crippen LogP contribution is -2.47. The van der Waals surface area contributed by atoms with Gasteiger partial charge in [-0.3, -0.25) is 9.48 Å². The molecule has 2 rings (SSSR count). The summed E-state index contributed by atoms with van der Waals surface area (Å²) >= 11 is 0. The van der Waals surface area contributed by atoms with E-state index in [4.69, 9.17) is 5.73 Å². The van der Waals surface area contributed by atoms with Gasteiger partial charge in [-0.1, -0.05) is 0 Å². The first-order valence-corrected chi connectivity index (χ1v) is 4.59. The van der Waals surface area contributed by atoms with Gasteiger partial charge in [0.25, 0.3) is 5.91 Å². The highest BCUT2D eigenvalue weighted by Crippen LogP contribution is 2.18. The van der Waals surface area contributed by atoms with Crippen molar-refractivity contribution in [1.82, 2.24) is 15.1 Å². The van der Waals surface area contributed by atoms with Crippen LogP contribution < -0.4 is 11.1 Å². The first-order chi connectivity index (χ1) is 6.49. The van der Waals surface area contributed by atoms with Crippen LogP contribution in [-0.2, 0) is 13.1 Å². The smallest absolute Gasteiger partial charge is 0.252 e. The first kappa shape index (κ1) is 9.21. The Bertz CT molecular complexity index is 380. The van der Waals surface area contributed by atoms with E-state index in [1.807, 2.05) is 4.68 Å². The molecule has 1 amide bonds. The van der Waals surface area contributed by atoms with Crippen LogP contribution in [0.2, 0.25) is 0 Å². The summed E-state index contributed by atoms with van der Waals surface area (Å²) in [5, 5.41) is 7.48. The molecular formula is C9H14N4O. The van der Waals surface area contributed by atoms with Gasteiger partial charge in [0.2, 0.25) is 0 Å². The molecule has 0 radical (unpaired) electrons. The van der Waals surface area contributed by atoms with E-state index in [0.29, 0.717) is 12.1 Å². The molecule has 0 aliphatic carbocycles. The molecule has 0 spiro atoms. The molecule has 1 aliphatic heterocycles. The van der Waals surface area contributed by atoms with Crippen molar-refractivity contribution in [3.63, 3.8) is 0 Å². The van der Waals surface area contributed by atoms with E-state index in [-0.39, 0.29) is 5.54 Å². The zero-order valence-electron chi connectivity index (χ0n) is 8.37. The minimum Gasteiger partial charge on any atom is -0.365 e. The van der Waals surface area contributed by atoms with Crippen molar-refractivity contribution in [3.8, 4) is 0 Å². The average Bonchev–Trinajstić information content (AvgIpc) is 2.44. The molecule has 1 aliphatic rings. The van der Waals surface area contributed by atoms with Gasteiger partial charge in [-0.2, -0.15) is 5.10 Å².